The Hall–Kier alpha value is -1.02. The van der Waals surface area contributed by atoms with Crippen molar-refractivity contribution in [3.63, 3.8) is 0 Å². The molecule has 1 aliphatic rings. The van der Waals surface area contributed by atoms with Gasteiger partial charge in [0.2, 0.25) is 0 Å². The molecule has 2 rings (SSSR count). The summed E-state index contributed by atoms with van der Waals surface area (Å²) in [6, 6.07) is 10.9. The van der Waals surface area contributed by atoms with Crippen LogP contribution in [0, 0.1) is 5.92 Å². The molecule has 0 aromatic heterocycles. The van der Waals surface area contributed by atoms with Gasteiger partial charge in [0.05, 0.1) is 5.54 Å². The van der Waals surface area contributed by atoms with E-state index in [-0.39, 0.29) is 5.54 Å². The summed E-state index contributed by atoms with van der Waals surface area (Å²) >= 11 is 0. The van der Waals surface area contributed by atoms with E-state index in [2.05, 4.69) is 49.1 Å². The molecule has 2 nitrogen and oxygen atoms in total. The number of para-hydroxylation sites is 1. The fraction of sp³-hybridized carbons (Fsp3) is 0.684. The van der Waals surface area contributed by atoms with Crippen LogP contribution >= 0.6 is 0 Å². The van der Waals surface area contributed by atoms with Crippen LogP contribution in [0.15, 0.2) is 30.3 Å². The summed E-state index contributed by atoms with van der Waals surface area (Å²) in [6.45, 7) is 6.53. The van der Waals surface area contributed by atoms with E-state index >= 15 is 0 Å². The minimum absolute atomic E-state index is 0.170. The molecule has 1 aromatic carbocycles. The first kappa shape index (κ1) is 16.4. The van der Waals surface area contributed by atoms with Gasteiger partial charge in [-0.25, -0.2) is 0 Å². The number of rotatable bonds is 7. The van der Waals surface area contributed by atoms with E-state index in [1.54, 1.807) is 0 Å². The number of nitrogens with two attached hydrogens (primary N) is 1. The van der Waals surface area contributed by atoms with E-state index in [1.807, 2.05) is 0 Å². The summed E-state index contributed by atoms with van der Waals surface area (Å²) in [4.78, 5) is 2.66. The van der Waals surface area contributed by atoms with Crippen molar-refractivity contribution in [2.45, 2.75) is 64.3 Å². The summed E-state index contributed by atoms with van der Waals surface area (Å²) in [5.74, 6) is 0.730. The molecule has 0 bridgehead atoms. The molecule has 2 atom stereocenters. The number of nitrogens with zero attached hydrogens (tertiary/aromatic N) is 1. The van der Waals surface area contributed by atoms with Gasteiger partial charge in [0.15, 0.2) is 0 Å². The van der Waals surface area contributed by atoms with Crippen LogP contribution in [0.3, 0.4) is 0 Å². The van der Waals surface area contributed by atoms with Gasteiger partial charge in [0.25, 0.3) is 0 Å². The van der Waals surface area contributed by atoms with E-state index in [1.165, 1.54) is 50.6 Å². The molecule has 0 radical (unpaired) electrons. The number of benzene rings is 1. The molecule has 0 spiro atoms. The molecule has 2 unspecified atom stereocenters. The second-order valence-corrected chi connectivity index (χ2v) is 6.50. The van der Waals surface area contributed by atoms with Gasteiger partial charge in [-0.05, 0) is 37.3 Å². The van der Waals surface area contributed by atoms with E-state index in [0.29, 0.717) is 0 Å². The minimum Gasteiger partial charge on any atom is -0.364 e. The van der Waals surface area contributed by atoms with E-state index in [4.69, 9.17) is 5.73 Å². The quantitative estimate of drug-likeness (QED) is 0.795. The molecule has 1 aliphatic carbocycles. The van der Waals surface area contributed by atoms with E-state index in [9.17, 15) is 0 Å². The number of unbranched alkanes of at least 4 members (excludes halogenated alkanes) is 1. The van der Waals surface area contributed by atoms with Crippen LogP contribution in [-0.4, -0.2) is 18.6 Å². The first-order valence-electron chi connectivity index (χ1n) is 8.81. The van der Waals surface area contributed by atoms with Crippen LogP contribution < -0.4 is 10.6 Å². The Kier molecular flexibility index (Phi) is 6.10. The van der Waals surface area contributed by atoms with Crippen molar-refractivity contribution < 1.29 is 0 Å². The molecule has 0 aliphatic heterocycles. The maximum Gasteiger partial charge on any atom is 0.0552 e. The highest BCUT2D eigenvalue weighted by molar-refractivity contribution is 5.49. The summed E-state index contributed by atoms with van der Waals surface area (Å²) in [6.07, 6.45) is 9.00. The predicted octanol–water partition coefficient (Wildman–Crippen LogP) is 4.59. The lowest BCUT2D eigenvalue weighted by molar-refractivity contribution is 0.175. The Bertz CT molecular complexity index is 403. The van der Waals surface area contributed by atoms with Crippen LogP contribution in [0.1, 0.15) is 58.8 Å². The predicted molar refractivity (Wildman–Crippen MR) is 92.7 cm³/mol. The molecule has 21 heavy (non-hydrogen) atoms. The van der Waals surface area contributed by atoms with Crippen molar-refractivity contribution in [2.75, 3.05) is 18.0 Å². The Morgan fingerprint density at radius 1 is 1.19 bits per heavy atom. The molecule has 1 fully saturated rings. The van der Waals surface area contributed by atoms with Gasteiger partial charge in [-0.2, -0.15) is 0 Å². The van der Waals surface area contributed by atoms with Crippen molar-refractivity contribution in [2.24, 2.45) is 11.7 Å². The molecule has 2 N–H and O–H groups in total. The lowest BCUT2D eigenvalue weighted by Crippen LogP contribution is -2.60. The van der Waals surface area contributed by atoms with Crippen LogP contribution in [0.2, 0.25) is 0 Å². The van der Waals surface area contributed by atoms with Crippen LogP contribution in [-0.2, 0) is 0 Å². The Balaban J connectivity index is 2.35. The second kappa shape index (κ2) is 7.84. The fourth-order valence-electron chi connectivity index (χ4n) is 4.15. The normalized spacial score (nSPS) is 25.8. The molecular formula is C19H32N2. The Morgan fingerprint density at radius 3 is 2.57 bits per heavy atom. The van der Waals surface area contributed by atoms with Crippen molar-refractivity contribution in [3.8, 4) is 0 Å². The van der Waals surface area contributed by atoms with Crippen LogP contribution in [0.5, 0.6) is 0 Å². The monoisotopic (exact) mass is 288 g/mol. The first-order chi connectivity index (χ1) is 10.3. The molecule has 0 amide bonds. The van der Waals surface area contributed by atoms with Gasteiger partial charge in [0, 0.05) is 18.8 Å². The van der Waals surface area contributed by atoms with Gasteiger partial charge in [-0.1, -0.05) is 57.7 Å². The molecule has 1 saturated carbocycles. The lowest BCUT2D eigenvalue weighted by atomic mass is 9.70. The molecule has 0 heterocycles. The second-order valence-electron chi connectivity index (χ2n) is 6.50. The smallest absolute Gasteiger partial charge is 0.0552 e. The molecule has 2 heteroatoms. The SMILES string of the molecule is CCCCN(c1ccccc1)C1(CN)CCCCC1CC. The number of hydrogen-bond acceptors (Lipinski definition) is 2. The third-order valence-electron chi connectivity index (χ3n) is 5.36. The standard InChI is InChI=1S/C19H32N2/c1-3-5-15-21(18-12-7-6-8-13-18)19(16-20)14-10-9-11-17(19)4-2/h6-8,12-13,17H,3-5,9-11,14-16,20H2,1-2H3. The minimum atomic E-state index is 0.170. The summed E-state index contributed by atoms with van der Waals surface area (Å²) < 4.78 is 0. The number of anilines is 1. The zero-order valence-corrected chi connectivity index (χ0v) is 13.9. The van der Waals surface area contributed by atoms with Crippen molar-refractivity contribution >= 4 is 5.69 Å². The van der Waals surface area contributed by atoms with Gasteiger partial charge in [0.1, 0.15) is 0 Å². The maximum atomic E-state index is 6.37. The average molecular weight is 288 g/mol. The topological polar surface area (TPSA) is 29.3 Å². The fourth-order valence-corrected chi connectivity index (χ4v) is 4.15. The Labute approximate surface area is 130 Å². The third kappa shape index (κ3) is 3.42. The largest absolute Gasteiger partial charge is 0.364 e. The Morgan fingerprint density at radius 2 is 1.95 bits per heavy atom. The maximum absolute atomic E-state index is 6.37. The average Bonchev–Trinajstić information content (AvgIpc) is 2.56. The molecule has 118 valence electrons. The zero-order chi connectivity index (χ0) is 15.1. The van der Waals surface area contributed by atoms with Crippen molar-refractivity contribution in [3.05, 3.63) is 30.3 Å². The molecular weight excluding hydrogens is 256 g/mol. The number of hydrogen-bond donors (Lipinski definition) is 1. The third-order valence-corrected chi connectivity index (χ3v) is 5.36. The highest BCUT2D eigenvalue weighted by atomic mass is 15.2. The highest BCUT2D eigenvalue weighted by Crippen LogP contribution is 2.42. The van der Waals surface area contributed by atoms with Gasteiger partial charge in [-0.15, -0.1) is 0 Å². The van der Waals surface area contributed by atoms with Gasteiger partial charge in [-0.3, -0.25) is 0 Å². The zero-order valence-electron chi connectivity index (χ0n) is 13.9. The lowest BCUT2D eigenvalue weighted by Gasteiger charge is -2.52. The summed E-state index contributed by atoms with van der Waals surface area (Å²) in [5, 5.41) is 0. The first-order valence-corrected chi connectivity index (χ1v) is 8.81. The van der Waals surface area contributed by atoms with Crippen LogP contribution in [0.4, 0.5) is 5.69 Å². The highest BCUT2D eigenvalue weighted by Gasteiger charge is 2.43. The molecule has 1 aromatic rings. The summed E-state index contributed by atoms with van der Waals surface area (Å²) in [7, 11) is 0. The van der Waals surface area contributed by atoms with Crippen molar-refractivity contribution in [1.82, 2.24) is 0 Å². The molecule has 0 saturated heterocycles. The van der Waals surface area contributed by atoms with Crippen molar-refractivity contribution in [1.29, 1.82) is 0 Å². The van der Waals surface area contributed by atoms with E-state index in [0.717, 1.165) is 19.0 Å². The van der Waals surface area contributed by atoms with Gasteiger partial charge >= 0.3 is 0 Å². The van der Waals surface area contributed by atoms with E-state index < -0.39 is 0 Å². The van der Waals surface area contributed by atoms with Crippen LogP contribution in [0.25, 0.3) is 0 Å². The van der Waals surface area contributed by atoms with Gasteiger partial charge < -0.3 is 10.6 Å². The summed E-state index contributed by atoms with van der Waals surface area (Å²) in [5.41, 5.74) is 7.90.